The third-order valence-electron chi connectivity index (χ3n) is 1.53. The number of aliphatic hydroxyl groups excluding tert-OH is 1. The molecule has 0 radical (unpaired) electrons. The molecule has 0 saturated heterocycles. The Hall–Kier alpha value is -0.610. The van der Waals surface area contributed by atoms with E-state index >= 15 is 0 Å². The van der Waals surface area contributed by atoms with Gasteiger partial charge in [0.1, 0.15) is 5.54 Å². The summed E-state index contributed by atoms with van der Waals surface area (Å²) >= 11 is 0. The lowest BCUT2D eigenvalue weighted by Crippen LogP contribution is -2.49. The molecule has 0 aromatic heterocycles. The predicted octanol–water partition coefficient (Wildman–Crippen LogP) is 0.0394. The molecule has 0 saturated carbocycles. The van der Waals surface area contributed by atoms with E-state index in [0.29, 0.717) is 6.61 Å². The lowest BCUT2D eigenvalue weighted by atomic mass is 10.1. The molecule has 0 aromatic carbocycles. The van der Waals surface area contributed by atoms with Crippen LogP contribution in [0.2, 0.25) is 0 Å². The lowest BCUT2D eigenvalue weighted by molar-refractivity contribution is -0.151. The lowest BCUT2D eigenvalue weighted by Gasteiger charge is -2.19. The van der Waals surface area contributed by atoms with Crippen LogP contribution in [0.3, 0.4) is 0 Å². The number of aliphatic hydroxyl groups is 1. The molecule has 1 atom stereocenters. The Kier molecular flexibility index (Phi) is 4.85. The summed E-state index contributed by atoms with van der Waals surface area (Å²) in [4.78, 5) is 11.1. The fourth-order valence-corrected chi connectivity index (χ4v) is 0.539. The first-order valence-electron chi connectivity index (χ1n) is 4.11. The number of hydrogen-bond acceptors (Lipinski definition) is 4. The summed E-state index contributed by atoms with van der Waals surface area (Å²) < 4.78 is 4.81. The van der Waals surface area contributed by atoms with Gasteiger partial charge in [0.05, 0.1) is 13.2 Å². The van der Waals surface area contributed by atoms with E-state index in [1.54, 1.807) is 0 Å². The van der Waals surface area contributed by atoms with Gasteiger partial charge in [-0.3, -0.25) is 0 Å². The van der Waals surface area contributed by atoms with Crippen molar-refractivity contribution in [2.75, 3.05) is 13.2 Å². The van der Waals surface area contributed by atoms with Crippen LogP contribution in [0, 0.1) is 0 Å². The fraction of sp³-hybridized carbons (Fsp3) is 0.875. The van der Waals surface area contributed by atoms with Gasteiger partial charge in [0, 0.05) is 0 Å². The fourth-order valence-electron chi connectivity index (χ4n) is 0.539. The average molecular weight is 175 g/mol. The summed E-state index contributed by atoms with van der Waals surface area (Å²) in [6, 6.07) is 0. The van der Waals surface area contributed by atoms with Gasteiger partial charge in [0.25, 0.3) is 0 Å². The number of hydrogen-bond donors (Lipinski definition) is 2. The molecule has 0 bridgehead atoms. The Balaban J connectivity index is 3.72. The van der Waals surface area contributed by atoms with Crippen LogP contribution < -0.4 is 5.73 Å². The minimum atomic E-state index is -1.26. The van der Waals surface area contributed by atoms with E-state index < -0.39 is 18.1 Å². The number of esters is 1. The van der Waals surface area contributed by atoms with E-state index in [0.717, 1.165) is 12.8 Å². The van der Waals surface area contributed by atoms with Gasteiger partial charge >= 0.3 is 5.97 Å². The number of unbranched alkanes of at least 4 members (excludes halogenated alkanes) is 1. The van der Waals surface area contributed by atoms with Crippen molar-refractivity contribution in [2.24, 2.45) is 5.73 Å². The van der Waals surface area contributed by atoms with Gasteiger partial charge in [-0.25, -0.2) is 4.79 Å². The van der Waals surface area contributed by atoms with Crippen molar-refractivity contribution in [1.29, 1.82) is 0 Å². The maximum Gasteiger partial charge on any atom is 0.328 e. The van der Waals surface area contributed by atoms with Gasteiger partial charge in [0.15, 0.2) is 0 Å². The van der Waals surface area contributed by atoms with E-state index in [2.05, 4.69) is 0 Å². The summed E-state index contributed by atoms with van der Waals surface area (Å²) in [6.45, 7) is 3.43. The molecule has 0 fully saturated rings. The van der Waals surface area contributed by atoms with Crippen molar-refractivity contribution < 1.29 is 14.6 Å². The molecule has 12 heavy (non-hydrogen) atoms. The average Bonchev–Trinajstić information content (AvgIpc) is 2.05. The van der Waals surface area contributed by atoms with Gasteiger partial charge in [-0.15, -0.1) is 0 Å². The van der Waals surface area contributed by atoms with Crippen LogP contribution in [0.25, 0.3) is 0 Å². The summed E-state index contributed by atoms with van der Waals surface area (Å²) in [5, 5.41) is 8.70. The van der Waals surface area contributed by atoms with Crippen molar-refractivity contribution in [1.82, 2.24) is 0 Å². The second kappa shape index (κ2) is 5.11. The third-order valence-corrected chi connectivity index (χ3v) is 1.53. The minimum Gasteiger partial charge on any atom is -0.464 e. The van der Waals surface area contributed by atoms with Gasteiger partial charge in [-0.05, 0) is 13.3 Å². The Morgan fingerprint density at radius 3 is 2.67 bits per heavy atom. The van der Waals surface area contributed by atoms with Crippen LogP contribution in [-0.2, 0) is 9.53 Å². The zero-order valence-corrected chi connectivity index (χ0v) is 7.67. The Labute approximate surface area is 72.7 Å². The summed E-state index contributed by atoms with van der Waals surface area (Å²) in [5.41, 5.74) is 4.16. The van der Waals surface area contributed by atoms with E-state index in [1.807, 2.05) is 6.92 Å². The maximum absolute atomic E-state index is 11.1. The second-order valence-corrected chi connectivity index (χ2v) is 3.07. The van der Waals surface area contributed by atoms with Crippen LogP contribution in [-0.4, -0.2) is 29.8 Å². The number of carbonyl (C=O) groups excluding carboxylic acids is 1. The highest BCUT2D eigenvalue weighted by Crippen LogP contribution is 2.01. The summed E-state index contributed by atoms with van der Waals surface area (Å²) in [7, 11) is 0. The van der Waals surface area contributed by atoms with E-state index in [9.17, 15) is 4.79 Å². The summed E-state index contributed by atoms with van der Waals surface area (Å²) in [6.07, 6.45) is 1.79. The van der Waals surface area contributed by atoms with Gasteiger partial charge in [-0.2, -0.15) is 0 Å². The smallest absolute Gasteiger partial charge is 0.328 e. The Morgan fingerprint density at radius 2 is 2.25 bits per heavy atom. The molecule has 4 nitrogen and oxygen atoms in total. The molecule has 0 spiro atoms. The molecule has 0 aliphatic carbocycles. The second-order valence-electron chi connectivity index (χ2n) is 3.07. The zero-order valence-electron chi connectivity index (χ0n) is 7.67. The van der Waals surface area contributed by atoms with E-state index in [-0.39, 0.29) is 0 Å². The first kappa shape index (κ1) is 11.4. The Morgan fingerprint density at radius 1 is 1.67 bits per heavy atom. The zero-order chi connectivity index (χ0) is 9.61. The largest absolute Gasteiger partial charge is 0.464 e. The van der Waals surface area contributed by atoms with Crippen molar-refractivity contribution >= 4 is 5.97 Å². The maximum atomic E-state index is 11.1. The molecular weight excluding hydrogens is 158 g/mol. The molecule has 0 aliphatic heterocycles. The monoisotopic (exact) mass is 175 g/mol. The first-order chi connectivity index (χ1) is 5.54. The summed E-state index contributed by atoms with van der Waals surface area (Å²) in [5.74, 6) is -0.543. The number of nitrogens with two attached hydrogens (primary N) is 1. The highest BCUT2D eigenvalue weighted by molar-refractivity contribution is 5.80. The standard InChI is InChI=1S/C8H17NO3/c1-3-4-5-12-7(11)8(2,9)6-10/h10H,3-6,9H2,1-2H3. The molecule has 1 unspecified atom stereocenters. The third kappa shape index (κ3) is 3.69. The van der Waals surface area contributed by atoms with E-state index in [4.69, 9.17) is 15.6 Å². The molecule has 72 valence electrons. The molecule has 0 amide bonds. The number of ether oxygens (including phenoxy) is 1. The molecule has 0 rings (SSSR count). The van der Waals surface area contributed by atoms with Crippen LogP contribution >= 0.6 is 0 Å². The van der Waals surface area contributed by atoms with Crippen LogP contribution in [0.5, 0.6) is 0 Å². The highest BCUT2D eigenvalue weighted by Gasteiger charge is 2.28. The normalized spacial score (nSPS) is 15.3. The van der Waals surface area contributed by atoms with Gasteiger partial charge in [-0.1, -0.05) is 13.3 Å². The Bertz CT molecular complexity index is 145. The quantitative estimate of drug-likeness (QED) is 0.457. The predicted molar refractivity (Wildman–Crippen MR) is 45.5 cm³/mol. The van der Waals surface area contributed by atoms with Gasteiger partial charge < -0.3 is 15.6 Å². The number of carbonyl (C=O) groups is 1. The highest BCUT2D eigenvalue weighted by atomic mass is 16.5. The molecule has 0 heterocycles. The van der Waals surface area contributed by atoms with Crippen LogP contribution in [0.1, 0.15) is 26.7 Å². The number of rotatable bonds is 5. The minimum absolute atomic E-state index is 0.377. The van der Waals surface area contributed by atoms with Crippen molar-refractivity contribution in [3.8, 4) is 0 Å². The van der Waals surface area contributed by atoms with Crippen molar-refractivity contribution in [3.05, 3.63) is 0 Å². The molecule has 0 aliphatic rings. The SMILES string of the molecule is CCCCOC(=O)C(C)(N)CO. The van der Waals surface area contributed by atoms with Crippen molar-refractivity contribution in [3.63, 3.8) is 0 Å². The molecule has 0 aromatic rings. The van der Waals surface area contributed by atoms with Gasteiger partial charge in [0.2, 0.25) is 0 Å². The molecular formula is C8H17NO3. The van der Waals surface area contributed by atoms with Crippen LogP contribution in [0.15, 0.2) is 0 Å². The molecule has 4 heteroatoms. The molecule has 3 N–H and O–H groups in total. The van der Waals surface area contributed by atoms with Crippen molar-refractivity contribution in [2.45, 2.75) is 32.2 Å². The first-order valence-corrected chi connectivity index (χ1v) is 4.11. The topological polar surface area (TPSA) is 72.5 Å². The van der Waals surface area contributed by atoms with E-state index in [1.165, 1.54) is 6.92 Å². The van der Waals surface area contributed by atoms with Crippen LogP contribution in [0.4, 0.5) is 0 Å².